The molecule has 3 atom stereocenters. The molecule has 1 aliphatic heterocycles. The lowest BCUT2D eigenvalue weighted by atomic mass is 9.60. The minimum Gasteiger partial charge on any atom is -0.427 e. The summed E-state index contributed by atoms with van der Waals surface area (Å²) in [4.78, 5) is 12.2. The van der Waals surface area contributed by atoms with Gasteiger partial charge in [-0.2, -0.15) is 0 Å². The highest BCUT2D eigenvalue weighted by molar-refractivity contribution is 5.73. The number of hydrogen-bond acceptors (Lipinski definition) is 4. The van der Waals surface area contributed by atoms with Gasteiger partial charge in [-0.15, -0.1) is 0 Å². The highest BCUT2D eigenvalue weighted by Crippen LogP contribution is 2.46. The van der Waals surface area contributed by atoms with Gasteiger partial charge in [0, 0.05) is 11.5 Å². The molecule has 0 radical (unpaired) electrons. The lowest BCUT2D eigenvalue weighted by molar-refractivity contribution is -0.135. The van der Waals surface area contributed by atoms with E-state index in [0.29, 0.717) is 24.0 Å². The first-order valence-corrected chi connectivity index (χ1v) is 9.86. The Balaban J connectivity index is 1.58. The largest absolute Gasteiger partial charge is 0.427 e. The topological polar surface area (TPSA) is 64.3 Å². The normalized spacial score (nSPS) is 32.1. The average Bonchev–Trinajstić information content (AvgIpc) is 2.55. The summed E-state index contributed by atoms with van der Waals surface area (Å²) in [6.07, 6.45) is 7.77. The van der Waals surface area contributed by atoms with E-state index >= 15 is 0 Å². The fourth-order valence-corrected chi connectivity index (χ4v) is 5.00. The second kappa shape index (κ2) is 6.73. The average molecular weight is 342 g/mol. The molecule has 136 valence electrons. The van der Waals surface area contributed by atoms with E-state index < -0.39 is 0 Å². The fourth-order valence-electron chi connectivity index (χ4n) is 5.00. The van der Waals surface area contributed by atoms with Gasteiger partial charge in [-0.25, -0.2) is 0 Å². The van der Waals surface area contributed by atoms with Crippen LogP contribution in [0.2, 0.25) is 0 Å². The van der Waals surface area contributed by atoms with Crippen LogP contribution in [-0.2, 0) is 16.6 Å². The Morgan fingerprint density at radius 1 is 1.32 bits per heavy atom. The summed E-state index contributed by atoms with van der Waals surface area (Å²) < 4.78 is 5.65. The summed E-state index contributed by atoms with van der Waals surface area (Å²) in [5.74, 6) is 1.58. The SMILES string of the molecule is C[C@@]12CCCCC[C@@H](Cc3ccc(OC(=O)CC4CNC4)cc31)[C@@H]2N. The Bertz CT molecular complexity index is 655. The molecule has 1 aromatic rings. The predicted octanol–water partition coefficient (Wildman–Crippen LogP) is 2.92. The van der Waals surface area contributed by atoms with E-state index in [2.05, 4.69) is 24.4 Å². The molecular formula is C21H30N2O2. The first kappa shape index (κ1) is 17.0. The fraction of sp³-hybridized carbons (Fsp3) is 0.667. The van der Waals surface area contributed by atoms with Gasteiger partial charge in [-0.1, -0.05) is 32.3 Å². The van der Waals surface area contributed by atoms with E-state index in [-0.39, 0.29) is 17.4 Å². The van der Waals surface area contributed by atoms with Crippen LogP contribution in [0.3, 0.4) is 0 Å². The molecular weight excluding hydrogens is 312 g/mol. The van der Waals surface area contributed by atoms with Gasteiger partial charge in [0.25, 0.3) is 0 Å². The van der Waals surface area contributed by atoms with Gasteiger partial charge in [0.05, 0.1) is 6.42 Å². The van der Waals surface area contributed by atoms with Gasteiger partial charge in [0.1, 0.15) is 5.75 Å². The van der Waals surface area contributed by atoms with E-state index in [0.717, 1.165) is 25.9 Å². The third-order valence-corrected chi connectivity index (χ3v) is 6.75. The lowest BCUT2D eigenvalue weighted by Gasteiger charge is -2.47. The van der Waals surface area contributed by atoms with Crippen LogP contribution in [0.25, 0.3) is 0 Å². The zero-order valence-electron chi connectivity index (χ0n) is 15.2. The predicted molar refractivity (Wildman–Crippen MR) is 98.7 cm³/mol. The van der Waals surface area contributed by atoms with Crippen LogP contribution in [0, 0.1) is 11.8 Å². The Hall–Kier alpha value is -1.39. The molecule has 25 heavy (non-hydrogen) atoms. The van der Waals surface area contributed by atoms with Crippen molar-refractivity contribution >= 4 is 5.97 Å². The minimum atomic E-state index is -0.118. The van der Waals surface area contributed by atoms with Crippen LogP contribution in [0.1, 0.15) is 56.6 Å². The molecule has 0 aromatic heterocycles. The second-order valence-electron chi connectivity index (χ2n) is 8.53. The second-order valence-corrected chi connectivity index (χ2v) is 8.53. The summed E-state index contributed by atoms with van der Waals surface area (Å²) >= 11 is 0. The number of esters is 1. The van der Waals surface area contributed by atoms with Crippen molar-refractivity contribution < 1.29 is 9.53 Å². The molecule has 1 saturated carbocycles. The van der Waals surface area contributed by atoms with E-state index in [9.17, 15) is 4.79 Å². The summed E-state index contributed by atoms with van der Waals surface area (Å²) in [6.45, 7) is 4.17. The maximum Gasteiger partial charge on any atom is 0.311 e. The number of nitrogens with two attached hydrogens (primary N) is 1. The Morgan fingerprint density at radius 2 is 2.16 bits per heavy atom. The van der Waals surface area contributed by atoms with Crippen molar-refractivity contribution in [2.75, 3.05) is 13.1 Å². The molecule has 4 nitrogen and oxygen atoms in total. The molecule has 3 aliphatic rings. The maximum absolute atomic E-state index is 12.2. The molecule has 3 N–H and O–H groups in total. The number of hydrogen-bond donors (Lipinski definition) is 2. The van der Waals surface area contributed by atoms with Crippen LogP contribution < -0.4 is 15.8 Å². The summed E-state index contributed by atoms with van der Waals surface area (Å²) in [5, 5.41) is 3.19. The van der Waals surface area contributed by atoms with Gasteiger partial charge >= 0.3 is 5.97 Å². The van der Waals surface area contributed by atoms with Crippen molar-refractivity contribution in [3.8, 4) is 5.75 Å². The monoisotopic (exact) mass is 342 g/mol. The Morgan fingerprint density at radius 3 is 2.92 bits per heavy atom. The van der Waals surface area contributed by atoms with Crippen molar-refractivity contribution in [3.63, 3.8) is 0 Å². The Kier molecular flexibility index (Phi) is 4.59. The van der Waals surface area contributed by atoms with Crippen molar-refractivity contribution in [2.45, 2.75) is 63.3 Å². The zero-order valence-corrected chi connectivity index (χ0v) is 15.2. The molecule has 4 heteroatoms. The summed E-state index contributed by atoms with van der Waals surface area (Å²) in [5.41, 5.74) is 9.45. The molecule has 1 saturated heterocycles. The number of rotatable bonds is 3. The number of ether oxygens (including phenoxy) is 1. The smallest absolute Gasteiger partial charge is 0.311 e. The van der Waals surface area contributed by atoms with Gasteiger partial charge in [-0.05, 0) is 67.4 Å². The molecule has 0 spiro atoms. The highest BCUT2D eigenvalue weighted by atomic mass is 16.5. The van der Waals surface area contributed by atoms with Gasteiger partial charge in [0.2, 0.25) is 0 Å². The summed E-state index contributed by atoms with van der Waals surface area (Å²) in [7, 11) is 0. The first-order valence-electron chi connectivity index (χ1n) is 9.86. The molecule has 4 rings (SSSR count). The highest BCUT2D eigenvalue weighted by Gasteiger charge is 2.43. The number of fused-ring (bicyclic) bond motifs is 4. The van der Waals surface area contributed by atoms with Gasteiger partial charge in [0.15, 0.2) is 0 Å². The minimum absolute atomic E-state index is 0.00101. The van der Waals surface area contributed by atoms with Gasteiger partial charge < -0.3 is 15.8 Å². The van der Waals surface area contributed by atoms with Crippen LogP contribution >= 0.6 is 0 Å². The zero-order chi connectivity index (χ0) is 17.4. The standard InChI is InChI=1S/C21H30N2O2/c1-21-8-4-2-3-5-16(20(21)22)10-15-6-7-17(11-18(15)21)25-19(24)9-14-12-23-13-14/h6-7,11,14,16,20,23H,2-5,8-10,12-13,22H2,1H3/t16-,20-,21+/m0/s1. The van der Waals surface area contributed by atoms with E-state index in [1.54, 1.807) is 0 Å². The van der Waals surface area contributed by atoms with E-state index in [4.69, 9.17) is 10.5 Å². The van der Waals surface area contributed by atoms with Crippen molar-refractivity contribution in [3.05, 3.63) is 29.3 Å². The molecule has 1 heterocycles. The third kappa shape index (κ3) is 3.22. The quantitative estimate of drug-likeness (QED) is 0.655. The molecule has 2 bridgehead atoms. The molecule has 1 aromatic carbocycles. The van der Waals surface area contributed by atoms with Crippen LogP contribution in [0.4, 0.5) is 0 Å². The lowest BCUT2D eigenvalue weighted by Crippen LogP contribution is -2.52. The van der Waals surface area contributed by atoms with E-state index in [1.165, 1.54) is 36.8 Å². The summed E-state index contributed by atoms with van der Waals surface area (Å²) in [6, 6.07) is 6.44. The molecule has 2 fully saturated rings. The number of carbonyl (C=O) groups is 1. The van der Waals surface area contributed by atoms with Crippen LogP contribution in [-0.4, -0.2) is 25.1 Å². The third-order valence-electron chi connectivity index (χ3n) is 6.75. The Labute approximate surface area is 150 Å². The molecule has 0 unspecified atom stereocenters. The van der Waals surface area contributed by atoms with Gasteiger partial charge in [-0.3, -0.25) is 4.79 Å². The first-order chi connectivity index (χ1) is 12.1. The van der Waals surface area contributed by atoms with Crippen LogP contribution in [0.15, 0.2) is 18.2 Å². The van der Waals surface area contributed by atoms with E-state index in [1.807, 2.05) is 6.07 Å². The number of carbonyl (C=O) groups excluding carboxylic acids is 1. The maximum atomic E-state index is 12.2. The number of benzene rings is 1. The number of nitrogens with one attached hydrogen (secondary N) is 1. The van der Waals surface area contributed by atoms with Crippen molar-refractivity contribution in [1.82, 2.24) is 5.32 Å². The molecule has 2 aliphatic carbocycles. The van der Waals surface area contributed by atoms with Crippen molar-refractivity contribution in [1.29, 1.82) is 0 Å². The molecule has 0 amide bonds. The van der Waals surface area contributed by atoms with Crippen molar-refractivity contribution in [2.24, 2.45) is 17.6 Å². The van der Waals surface area contributed by atoms with Crippen LogP contribution in [0.5, 0.6) is 5.75 Å².